The number of carbonyl (C=O) groups is 1. The normalized spacial score (nSPS) is 16.6. The van der Waals surface area contributed by atoms with Gasteiger partial charge in [-0.2, -0.15) is 4.31 Å². The number of aromatic nitrogens is 1. The summed E-state index contributed by atoms with van der Waals surface area (Å²) in [6.45, 7) is 2.41. The highest BCUT2D eigenvalue weighted by Gasteiger charge is 2.42. The Kier molecular flexibility index (Phi) is 5.79. The van der Waals surface area contributed by atoms with Crippen molar-refractivity contribution in [2.45, 2.75) is 30.7 Å². The molecule has 9 heteroatoms. The fourth-order valence-electron chi connectivity index (χ4n) is 3.37. The lowest BCUT2D eigenvalue weighted by molar-refractivity contribution is -0.144. The van der Waals surface area contributed by atoms with Crippen molar-refractivity contribution in [2.75, 3.05) is 13.2 Å². The minimum absolute atomic E-state index is 0.0469. The molecule has 0 spiro atoms. The van der Waals surface area contributed by atoms with Crippen LogP contribution in [0.3, 0.4) is 0 Å². The molecule has 1 aliphatic heterocycles. The third kappa shape index (κ3) is 4.33. The summed E-state index contributed by atoms with van der Waals surface area (Å²) in [4.78, 5) is 15.7. The second-order valence-electron chi connectivity index (χ2n) is 7.22. The molecule has 31 heavy (non-hydrogen) atoms. The van der Waals surface area contributed by atoms with Gasteiger partial charge in [-0.05, 0) is 49.7 Å². The molecule has 1 atom stereocenters. The second-order valence-corrected chi connectivity index (χ2v) is 9.11. The number of nitrogens with zero attached hydrogens (tertiary/aromatic N) is 2. The Bertz CT molecular complexity index is 1170. The number of carboxylic acid groups (broad SMARTS) is 1. The summed E-state index contributed by atoms with van der Waals surface area (Å²) in [5.74, 6) is 0.676. The van der Waals surface area contributed by atoms with Crippen molar-refractivity contribution in [1.29, 1.82) is 0 Å². The van der Waals surface area contributed by atoms with Crippen LogP contribution < -0.4 is 4.74 Å². The third-order valence-electron chi connectivity index (χ3n) is 5.21. The van der Waals surface area contributed by atoms with Crippen LogP contribution in [0.2, 0.25) is 0 Å². The van der Waals surface area contributed by atoms with E-state index in [1.807, 2.05) is 37.3 Å². The van der Waals surface area contributed by atoms with E-state index in [0.29, 0.717) is 31.1 Å². The van der Waals surface area contributed by atoms with Crippen molar-refractivity contribution in [1.82, 2.24) is 9.29 Å². The van der Waals surface area contributed by atoms with Crippen molar-refractivity contribution in [3.05, 3.63) is 66.1 Å². The minimum Gasteiger partial charge on any atom is -0.493 e. The van der Waals surface area contributed by atoms with Crippen molar-refractivity contribution in [2.24, 2.45) is 0 Å². The fraction of sp³-hybridized carbons (Fsp3) is 0.273. The summed E-state index contributed by atoms with van der Waals surface area (Å²) in [7, 11) is -3.83. The fourth-order valence-corrected chi connectivity index (χ4v) is 5.00. The number of hydrogen-bond donors (Lipinski definition) is 1. The van der Waals surface area contributed by atoms with Crippen LogP contribution in [-0.2, 0) is 21.2 Å². The van der Waals surface area contributed by atoms with Gasteiger partial charge in [-0.3, -0.25) is 4.79 Å². The van der Waals surface area contributed by atoms with Gasteiger partial charge in [-0.15, -0.1) is 0 Å². The van der Waals surface area contributed by atoms with Crippen molar-refractivity contribution in [3.63, 3.8) is 0 Å². The molecule has 8 nitrogen and oxygen atoms in total. The van der Waals surface area contributed by atoms with Crippen LogP contribution in [0.4, 0.5) is 0 Å². The highest BCUT2D eigenvalue weighted by Crippen LogP contribution is 2.28. The maximum Gasteiger partial charge on any atom is 0.322 e. The van der Waals surface area contributed by atoms with Gasteiger partial charge in [0, 0.05) is 18.5 Å². The van der Waals surface area contributed by atoms with Crippen LogP contribution in [-0.4, -0.2) is 48.0 Å². The van der Waals surface area contributed by atoms with Gasteiger partial charge in [-0.25, -0.2) is 13.4 Å². The Morgan fingerprint density at radius 2 is 1.90 bits per heavy atom. The predicted molar refractivity (Wildman–Crippen MR) is 112 cm³/mol. The van der Waals surface area contributed by atoms with Crippen LogP contribution in [0.15, 0.2) is 63.9 Å². The van der Waals surface area contributed by atoms with Gasteiger partial charge < -0.3 is 14.3 Å². The van der Waals surface area contributed by atoms with Crippen molar-refractivity contribution < 1.29 is 27.5 Å². The summed E-state index contributed by atoms with van der Waals surface area (Å²) in [5.41, 5.74) is 1.71. The SMILES string of the molecule is Cc1oc(-c2ccccc2)nc1CCOc1ccc(S(=O)(=O)N2CC[C@@H]2C(=O)O)cc1. The number of sulfonamides is 1. The lowest BCUT2D eigenvalue weighted by Crippen LogP contribution is -2.54. The zero-order chi connectivity index (χ0) is 22.0. The monoisotopic (exact) mass is 442 g/mol. The molecule has 1 N–H and O–H groups in total. The second kappa shape index (κ2) is 8.52. The van der Waals surface area contributed by atoms with E-state index in [9.17, 15) is 13.2 Å². The first-order valence-corrected chi connectivity index (χ1v) is 11.3. The zero-order valence-electron chi connectivity index (χ0n) is 16.9. The average molecular weight is 442 g/mol. The first kappa shape index (κ1) is 21.1. The molecule has 0 aliphatic carbocycles. The van der Waals surface area contributed by atoms with E-state index in [1.54, 1.807) is 12.1 Å². The Morgan fingerprint density at radius 3 is 2.52 bits per heavy atom. The van der Waals surface area contributed by atoms with E-state index in [0.717, 1.165) is 21.3 Å². The van der Waals surface area contributed by atoms with Gasteiger partial charge in [0.15, 0.2) is 0 Å². The Balaban J connectivity index is 1.36. The molecule has 4 rings (SSSR count). The van der Waals surface area contributed by atoms with Crippen molar-refractivity contribution in [3.8, 4) is 17.2 Å². The standard InChI is InChI=1S/C22H22N2O6S/c1-15-19(23-21(30-15)16-5-3-2-4-6-16)12-14-29-17-7-9-18(10-8-17)31(27,28)24-13-11-20(24)22(25)26/h2-10,20H,11-14H2,1H3,(H,25,26)/t20-/m1/s1. The van der Waals surface area contributed by atoms with Crippen LogP contribution in [0.5, 0.6) is 5.75 Å². The maximum absolute atomic E-state index is 12.6. The molecule has 0 amide bonds. The van der Waals surface area contributed by atoms with Crippen LogP contribution in [0.1, 0.15) is 17.9 Å². The number of ether oxygens (including phenoxy) is 1. The molecule has 0 bridgehead atoms. The number of benzene rings is 2. The summed E-state index contributed by atoms with van der Waals surface area (Å²) in [6, 6.07) is 14.6. The molecular formula is C22H22N2O6S. The minimum atomic E-state index is -3.83. The van der Waals surface area contributed by atoms with Crippen molar-refractivity contribution >= 4 is 16.0 Å². The van der Waals surface area contributed by atoms with E-state index >= 15 is 0 Å². The summed E-state index contributed by atoms with van der Waals surface area (Å²) in [5, 5.41) is 9.10. The number of oxazole rings is 1. The maximum atomic E-state index is 12.6. The third-order valence-corrected chi connectivity index (χ3v) is 7.13. The average Bonchev–Trinajstić information content (AvgIpc) is 3.08. The highest BCUT2D eigenvalue weighted by atomic mass is 32.2. The Hall–Kier alpha value is -3.17. The van der Waals surface area contributed by atoms with E-state index < -0.39 is 22.0 Å². The number of aliphatic carboxylic acids is 1. The van der Waals surface area contributed by atoms with Gasteiger partial charge in [0.05, 0.1) is 17.2 Å². The first-order chi connectivity index (χ1) is 14.9. The van der Waals surface area contributed by atoms with Crippen LogP contribution in [0, 0.1) is 6.92 Å². The molecule has 3 aromatic rings. The molecular weight excluding hydrogens is 420 g/mol. The number of hydrogen-bond acceptors (Lipinski definition) is 6. The molecule has 0 saturated carbocycles. The lowest BCUT2D eigenvalue weighted by atomic mass is 10.1. The van der Waals surface area contributed by atoms with Crippen LogP contribution in [0.25, 0.3) is 11.5 Å². The number of carboxylic acids is 1. The molecule has 0 unspecified atom stereocenters. The van der Waals surface area contributed by atoms with Gasteiger partial charge >= 0.3 is 5.97 Å². The number of aryl methyl sites for hydroxylation is 1. The van der Waals surface area contributed by atoms with E-state index in [-0.39, 0.29) is 11.4 Å². The lowest BCUT2D eigenvalue weighted by Gasteiger charge is -2.36. The molecule has 2 aromatic carbocycles. The van der Waals surface area contributed by atoms with Gasteiger partial charge in [0.2, 0.25) is 15.9 Å². The van der Waals surface area contributed by atoms with Gasteiger partial charge in [0.1, 0.15) is 17.6 Å². The summed E-state index contributed by atoms with van der Waals surface area (Å²) < 4.78 is 37.7. The summed E-state index contributed by atoms with van der Waals surface area (Å²) >= 11 is 0. The van der Waals surface area contributed by atoms with Gasteiger partial charge in [0.25, 0.3) is 0 Å². The summed E-state index contributed by atoms with van der Waals surface area (Å²) in [6.07, 6.45) is 0.861. The van der Waals surface area contributed by atoms with E-state index in [1.165, 1.54) is 12.1 Å². The number of rotatable bonds is 8. The first-order valence-electron chi connectivity index (χ1n) is 9.85. The predicted octanol–water partition coefficient (Wildman–Crippen LogP) is 3.12. The van der Waals surface area contributed by atoms with Gasteiger partial charge in [-0.1, -0.05) is 18.2 Å². The smallest absolute Gasteiger partial charge is 0.322 e. The molecule has 0 radical (unpaired) electrons. The molecule has 1 saturated heterocycles. The van der Waals surface area contributed by atoms with E-state index in [2.05, 4.69) is 4.98 Å². The molecule has 1 fully saturated rings. The zero-order valence-corrected chi connectivity index (χ0v) is 17.7. The molecule has 1 aromatic heterocycles. The Morgan fingerprint density at radius 1 is 1.19 bits per heavy atom. The molecule has 2 heterocycles. The van der Waals surface area contributed by atoms with E-state index in [4.69, 9.17) is 14.3 Å². The quantitative estimate of drug-likeness (QED) is 0.571. The van der Waals surface area contributed by atoms with Crippen LogP contribution >= 0.6 is 0 Å². The molecule has 1 aliphatic rings. The molecule has 162 valence electrons. The topological polar surface area (TPSA) is 110 Å². The Labute approximate surface area is 180 Å². The largest absolute Gasteiger partial charge is 0.493 e. The highest BCUT2D eigenvalue weighted by molar-refractivity contribution is 7.89.